The fourth-order valence-electron chi connectivity index (χ4n) is 2.87. The Labute approximate surface area is 103 Å². The largest absolute Gasteiger partial charge is 0.299 e. The van der Waals surface area contributed by atoms with E-state index in [9.17, 15) is 0 Å². The summed E-state index contributed by atoms with van der Waals surface area (Å²) in [5, 5.41) is 0. The third-order valence-corrected chi connectivity index (χ3v) is 3.47. The molecule has 0 N–H and O–H groups in total. The summed E-state index contributed by atoms with van der Waals surface area (Å²) in [4.78, 5) is 6.92. The van der Waals surface area contributed by atoms with Crippen LogP contribution in [0.3, 0.4) is 0 Å². The van der Waals surface area contributed by atoms with E-state index in [0.29, 0.717) is 6.04 Å². The standard InChI is InChI=1S/C11H14N2.2ClH/c1-13-6-4-8-7-10-9(11(8)13)3-2-5-12-10;;/h2-3,5,8,11H,4,6-7H2,1H3;2*1H. The molecule has 0 radical (unpaired) electrons. The second kappa shape index (κ2) is 4.69. The number of halogens is 2. The minimum absolute atomic E-state index is 0. The molecule has 15 heavy (non-hydrogen) atoms. The number of hydrogen-bond acceptors (Lipinski definition) is 2. The molecule has 2 heterocycles. The lowest BCUT2D eigenvalue weighted by molar-refractivity contribution is 0.292. The molecular formula is C11H16Cl2N2. The van der Waals surface area contributed by atoms with Crippen LogP contribution in [0.4, 0.5) is 0 Å². The molecular weight excluding hydrogens is 231 g/mol. The molecule has 0 saturated carbocycles. The zero-order valence-corrected chi connectivity index (χ0v) is 10.4. The van der Waals surface area contributed by atoms with E-state index in [1.807, 2.05) is 6.20 Å². The van der Waals surface area contributed by atoms with Crippen LogP contribution in [0.2, 0.25) is 0 Å². The van der Waals surface area contributed by atoms with Gasteiger partial charge < -0.3 is 0 Å². The fourth-order valence-corrected chi connectivity index (χ4v) is 2.87. The number of likely N-dealkylation sites (tertiary alicyclic amines) is 1. The van der Waals surface area contributed by atoms with Gasteiger partial charge in [0.25, 0.3) is 0 Å². The topological polar surface area (TPSA) is 16.1 Å². The van der Waals surface area contributed by atoms with Crippen LogP contribution in [0.25, 0.3) is 0 Å². The van der Waals surface area contributed by atoms with E-state index in [1.165, 1.54) is 30.6 Å². The van der Waals surface area contributed by atoms with Crippen molar-refractivity contribution in [3.63, 3.8) is 0 Å². The van der Waals surface area contributed by atoms with Gasteiger partial charge in [-0.2, -0.15) is 0 Å². The third-order valence-electron chi connectivity index (χ3n) is 3.47. The van der Waals surface area contributed by atoms with Crippen molar-refractivity contribution in [2.75, 3.05) is 13.6 Å². The number of nitrogens with zero attached hydrogens (tertiary/aromatic N) is 2. The summed E-state index contributed by atoms with van der Waals surface area (Å²) >= 11 is 0. The first kappa shape index (κ1) is 12.8. The van der Waals surface area contributed by atoms with E-state index in [-0.39, 0.29) is 24.8 Å². The van der Waals surface area contributed by atoms with E-state index in [0.717, 1.165) is 5.92 Å². The monoisotopic (exact) mass is 246 g/mol. The van der Waals surface area contributed by atoms with Gasteiger partial charge >= 0.3 is 0 Å². The van der Waals surface area contributed by atoms with E-state index in [2.05, 4.69) is 29.1 Å². The quantitative estimate of drug-likeness (QED) is 0.700. The first-order valence-corrected chi connectivity index (χ1v) is 5.00. The lowest BCUT2D eigenvalue weighted by Gasteiger charge is -2.18. The van der Waals surface area contributed by atoms with Crippen molar-refractivity contribution in [2.24, 2.45) is 5.92 Å². The molecule has 1 aromatic heterocycles. The van der Waals surface area contributed by atoms with Crippen molar-refractivity contribution in [1.29, 1.82) is 0 Å². The molecule has 2 unspecified atom stereocenters. The zero-order valence-electron chi connectivity index (χ0n) is 8.72. The average Bonchev–Trinajstić information content (AvgIpc) is 2.66. The SMILES string of the molecule is CN1CCC2Cc3ncccc3C21.Cl.Cl. The highest BCUT2D eigenvalue weighted by Gasteiger charge is 2.39. The van der Waals surface area contributed by atoms with Gasteiger partial charge in [-0.05, 0) is 44.0 Å². The van der Waals surface area contributed by atoms with E-state index in [4.69, 9.17) is 0 Å². The van der Waals surface area contributed by atoms with Crippen LogP contribution in [0.15, 0.2) is 18.3 Å². The second-order valence-corrected chi connectivity index (χ2v) is 4.22. The molecule has 4 heteroatoms. The van der Waals surface area contributed by atoms with Crippen molar-refractivity contribution in [3.8, 4) is 0 Å². The van der Waals surface area contributed by atoms with Crippen LogP contribution in [0.5, 0.6) is 0 Å². The molecule has 0 bridgehead atoms. The highest BCUT2D eigenvalue weighted by atomic mass is 35.5. The van der Waals surface area contributed by atoms with Crippen molar-refractivity contribution >= 4 is 24.8 Å². The van der Waals surface area contributed by atoms with Crippen LogP contribution in [0.1, 0.15) is 23.7 Å². The molecule has 0 aromatic carbocycles. The van der Waals surface area contributed by atoms with E-state index >= 15 is 0 Å². The molecule has 0 amide bonds. The average molecular weight is 247 g/mol. The van der Waals surface area contributed by atoms with Crippen LogP contribution < -0.4 is 0 Å². The van der Waals surface area contributed by atoms with Crippen LogP contribution in [-0.2, 0) is 6.42 Å². The summed E-state index contributed by atoms with van der Waals surface area (Å²) < 4.78 is 0. The number of rotatable bonds is 0. The van der Waals surface area contributed by atoms with Gasteiger partial charge in [-0.3, -0.25) is 9.88 Å². The van der Waals surface area contributed by atoms with Crippen molar-refractivity contribution in [1.82, 2.24) is 9.88 Å². The van der Waals surface area contributed by atoms with Crippen molar-refractivity contribution in [3.05, 3.63) is 29.6 Å². The van der Waals surface area contributed by atoms with Gasteiger partial charge in [-0.15, -0.1) is 24.8 Å². The Kier molecular flexibility index (Phi) is 3.99. The van der Waals surface area contributed by atoms with Gasteiger partial charge in [0.1, 0.15) is 0 Å². The first-order valence-electron chi connectivity index (χ1n) is 5.00. The summed E-state index contributed by atoms with van der Waals surface area (Å²) in [5.74, 6) is 0.842. The highest BCUT2D eigenvalue weighted by molar-refractivity contribution is 5.85. The van der Waals surface area contributed by atoms with Gasteiger partial charge in [0.05, 0.1) is 0 Å². The van der Waals surface area contributed by atoms with Gasteiger partial charge in [0, 0.05) is 17.9 Å². The molecule has 2 atom stereocenters. The van der Waals surface area contributed by atoms with Crippen molar-refractivity contribution < 1.29 is 0 Å². The molecule has 1 saturated heterocycles. The van der Waals surface area contributed by atoms with Crippen LogP contribution >= 0.6 is 24.8 Å². The molecule has 0 spiro atoms. The number of hydrogen-bond donors (Lipinski definition) is 0. The summed E-state index contributed by atoms with van der Waals surface area (Å²) in [6.45, 7) is 1.25. The molecule has 3 rings (SSSR count). The fraction of sp³-hybridized carbons (Fsp3) is 0.545. The Morgan fingerprint density at radius 2 is 2.20 bits per heavy atom. The maximum atomic E-state index is 4.45. The number of pyridine rings is 1. The zero-order chi connectivity index (χ0) is 8.84. The normalized spacial score (nSPS) is 27.5. The number of fused-ring (bicyclic) bond motifs is 3. The van der Waals surface area contributed by atoms with Gasteiger partial charge in [-0.1, -0.05) is 6.07 Å². The molecule has 2 nitrogen and oxygen atoms in total. The molecule has 1 aliphatic carbocycles. The van der Waals surface area contributed by atoms with Crippen molar-refractivity contribution in [2.45, 2.75) is 18.9 Å². The smallest absolute Gasteiger partial charge is 0.0455 e. The minimum Gasteiger partial charge on any atom is -0.299 e. The third kappa shape index (κ3) is 1.86. The maximum Gasteiger partial charge on any atom is 0.0455 e. The second-order valence-electron chi connectivity index (χ2n) is 4.22. The lowest BCUT2D eigenvalue weighted by Crippen LogP contribution is -2.18. The molecule has 1 aliphatic heterocycles. The van der Waals surface area contributed by atoms with E-state index in [1.54, 1.807) is 0 Å². The van der Waals surface area contributed by atoms with Gasteiger partial charge in [0.15, 0.2) is 0 Å². The summed E-state index contributed by atoms with van der Waals surface area (Å²) in [6, 6.07) is 4.98. The minimum atomic E-state index is 0. The summed E-state index contributed by atoms with van der Waals surface area (Å²) in [6.07, 6.45) is 4.46. The highest BCUT2D eigenvalue weighted by Crippen LogP contribution is 2.44. The van der Waals surface area contributed by atoms with Gasteiger partial charge in [0.2, 0.25) is 0 Å². The summed E-state index contributed by atoms with van der Waals surface area (Å²) in [7, 11) is 2.23. The van der Waals surface area contributed by atoms with Crippen LogP contribution in [-0.4, -0.2) is 23.5 Å². The van der Waals surface area contributed by atoms with Gasteiger partial charge in [-0.25, -0.2) is 0 Å². The Balaban J connectivity index is 0.000000562. The molecule has 84 valence electrons. The number of aromatic nitrogens is 1. The Bertz CT molecular complexity index is 343. The predicted molar refractivity (Wildman–Crippen MR) is 65.9 cm³/mol. The van der Waals surface area contributed by atoms with E-state index < -0.39 is 0 Å². The Morgan fingerprint density at radius 1 is 1.40 bits per heavy atom. The molecule has 2 aliphatic rings. The predicted octanol–water partition coefficient (Wildman–Crippen LogP) is 2.47. The van der Waals surface area contributed by atoms with Crippen LogP contribution in [0, 0.1) is 5.92 Å². The molecule has 1 fully saturated rings. The maximum absolute atomic E-state index is 4.45. The molecule has 1 aromatic rings. The Hall–Kier alpha value is -0.310. The lowest BCUT2D eigenvalue weighted by atomic mass is 10.0. The first-order chi connectivity index (χ1) is 6.36. The Morgan fingerprint density at radius 3 is 3.00 bits per heavy atom. The summed E-state index contributed by atoms with van der Waals surface area (Å²) in [5.41, 5.74) is 2.82.